The molecular formula is C17H23N3O3. The van der Waals surface area contributed by atoms with Crippen LogP contribution < -0.4 is 5.32 Å². The van der Waals surface area contributed by atoms with E-state index >= 15 is 0 Å². The summed E-state index contributed by atoms with van der Waals surface area (Å²) in [6, 6.07) is 7.46. The van der Waals surface area contributed by atoms with E-state index in [0.717, 1.165) is 24.0 Å². The van der Waals surface area contributed by atoms with Crippen LogP contribution in [-0.2, 0) is 4.74 Å². The number of carbonyl (C=O) groups excluding carboxylic acids is 1. The third-order valence-electron chi connectivity index (χ3n) is 4.14. The van der Waals surface area contributed by atoms with Crippen molar-refractivity contribution in [3.05, 3.63) is 36.0 Å². The number of hydrogen-bond donors (Lipinski definition) is 3. The number of aliphatic hydroxyl groups is 1. The summed E-state index contributed by atoms with van der Waals surface area (Å²) in [5, 5.41) is 14.3. The Morgan fingerprint density at radius 3 is 2.96 bits per heavy atom. The van der Waals surface area contributed by atoms with Crippen molar-refractivity contribution in [2.75, 3.05) is 39.4 Å². The van der Waals surface area contributed by atoms with Crippen LogP contribution in [0.3, 0.4) is 0 Å². The van der Waals surface area contributed by atoms with Crippen LogP contribution in [0.1, 0.15) is 17.3 Å². The van der Waals surface area contributed by atoms with E-state index in [1.54, 1.807) is 13.0 Å². The van der Waals surface area contributed by atoms with Crippen molar-refractivity contribution >= 4 is 16.8 Å². The standard InChI is InChI=1S/C17H23N3O3/c1-17(22,12-20-7-9-23-10-8-20)11-19-16(21)14-3-2-4-15-13(14)5-6-18-15/h2-6,18,22H,7-12H2,1H3,(H,19,21). The lowest BCUT2D eigenvalue weighted by Crippen LogP contribution is -2.51. The Kier molecular flexibility index (Phi) is 4.66. The number of benzene rings is 1. The fourth-order valence-corrected chi connectivity index (χ4v) is 2.95. The minimum atomic E-state index is -0.973. The molecule has 3 rings (SSSR count). The minimum Gasteiger partial charge on any atom is -0.387 e. The highest BCUT2D eigenvalue weighted by molar-refractivity contribution is 6.06. The number of hydrogen-bond acceptors (Lipinski definition) is 4. The monoisotopic (exact) mass is 317 g/mol. The molecule has 0 aliphatic carbocycles. The second-order valence-corrected chi connectivity index (χ2v) is 6.31. The second-order valence-electron chi connectivity index (χ2n) is 6.31. The van der Waals surface area contributed by atoms with E-state index in [2.05, 4.69) is 15.2 Å². The van der Waals surface area contributed by atoms with Gasteiger partial charge in [0, 0.05) is 48.8 Å². The van der Waals surface area contributed by atoms with E-state index in [1.165, 1.54) is 0 Å². The van der Waals surface area contributed by atoms with Gasteiger partial charge in [-0.2, -0.15) is 0 Å². The maximum atomic E-state index is 12.4. The first kappa shape index (κ1) is 16.0. The smallest absolute Gasteiger partial charge is 0.252 e. The highest BCUT2D eigenvalue weighted by Crippen LogP contribution is 2.17. The zero-order chi connectivity index (χ0) is 16.3. The van der Waals surface area contributed by atoms with Crippen molar-refractivity contribution in [3.8, 4) is 0 Å². The van der Waals surface area contributed by atoms with Crippen molar-refractivity contribution in [3.63, 3.8) is 0 Å². The van der Waals surface area contributed by atoms with Crippen LogP contribution in [0.25, 0.3) is 10.9 Å². The van der Waals surface area contributed by atoms with E-state index in [-0.39, 0.29) is 12.5 Å². The molecule has 0 spiro atoms. The molecule has 1 unspecified atom stereocenters. The number of rotatable bonds is 5. The molecule has 2 aromatic rings. The molecule has 1 amide bonds. The summed E-state index contributed by atoms with van der Waals surface area (Å²) in [5.74, 6) is -0.169. The van der Waals surface area contributed by atoms with Gasteiger partial charge in [-0.15, -0.1) is 0 Å². The Morgan fingerprint density at radius 1 is 1.39 bits per heavy atom. The second kappa shape index (κ2) is 6.70. The predicted octanol–water partition coefficient (Wildman–Crippen LogP) is 0.981. The first-order chi connectivity index (χ1) is 11.1. The molecular weight excluding hydrogens is 294 g/mol. The molecule has 2 heterocycles. The lowest BCUT2D eigenvalue weighted by atomic mass is 10.1. The molecule has 0 bridgehead atoms. The number of ether oxygens (including phenoxy) is 1. The summed E-state index contributed by atoms with van der Waals surface area (Å²) in [7, 11) is 0. The van der Waals surface area contributed by atoms with E-state index in [9.17, 15) is 9.90 Å². The molecule has 3 N–H and O–H groups in total. The van der Waals surface area contributed by atoms with Gasteiger partial charge in [0.1, 0.15) is 0 Å². The number of carbonyl (C=O) groups is 1. The summed E-state index contributed by atoms with van der Waals surface area (Å²) in [5.41, 5.74) is 0.572. The predicted molar refractivity (Wildman–Crippen MR) is 88.5 cm³/mol. The van der Waals surface area contributed by atoms with E-state index in [4.69, 9.17) is 4.74 Å². The first-order valence-electron chi connectivity index (χ1n) is 7.92. The summed E-state index contributed by atoms with van der Waals surface area (Å²) in [4.78, 5) is 17.7. The molecule has 1 fully saturated rings. The normalized spacial score (nSPS) is 18.7. The molecule has 1 aliphatic heterocycles. The fourth-order valence-electron chi connectivity index (χ4n) is 2.95. The van der Waals surface area contributed by atoms with Crippen LogP contribution >= 0.6 is 0 Å². The van der Waals surface area contributed by atoms with Gasteiger partial charge in [-0.25, -0.2) is 0 Å². The van der Waals surface area contributed by atoms with Crippen LogP contribution in [0, 0.1) is 0 Å². The van der Waals surface area contributed by atoms with E-state index in [0.29, 0.717) is 25.3 Å². The van der Waals surface area contributed by atoms with Gasteiger partial charge in [-0.1, -0.05) is 6.07 Å². The third-order valence-corrected chi connectivity index (χ3v) is 4.14. The number of aromatic nitrogens is 1. The van der Waals surface area contributed by atoms with Crippen molar-refractivity contribution in [2.45, 2.75) is 12.5 Å². The Balaban J connectivity index is 1.60. The molecule has 1 saturated heterocycles. The van der Waals surface area contributed by atoms with Gasteiger partial charge in [-0.05, 0) is 25.1 Å². The van der Waals surface area contributed by atoms with Crippen molar-refractivity contribution in [2.24, 2.45) is 0 Å². The molecule has 6 nitrogen and oxygen atoms in total. The number of β-amino-alcohol motifs (C(OH)–C–C–N with tert-alkyl or cyclic N) is 1. The maximum Gasteiger partial charge on any atom is 0.252 e. The summed E-state index contributed by atoms with van der Waals surface area (Å²) in [6.07, 6.45) is 1.82. The molecule has 0 radical (unpaired) electrons. The molecule has 0 saturated carbocycles. The molecule has 1 aliphatic rings. The SMILES string of the molecule is CC(O)(CNC(=O)c1cccc2[nH]ccc12)CN1CCOCC1. The summed E-state index contributed by atoms with van der Waals surface area (Å²) < 4.78 is 5.31. The van der Waals surface area contributed by atoms with Crippen LogP contribution in [-0.4, -0.2) is 65.9 Å². The summed E-state index contributed by atoms with van der Waals surface area (Å²) in [6.45, 7) is 5.49. The highest BCUT2D eigenvalue weighted by Gasteiger charge is 2.26. The van der Waals surface area contributed by atoms with Gasteiger partial charge in [0.05, 0.1) is 18.8 Å². The number of nitrogens with zero attached hydrogens (tertiary/aromatic N) is 1. The Bertz CT molecular complexity index is 675. The van der Waals surface area contributed by atoms with Crippen LogP contribution in [0.4, 0.5) is 0 Å². The quantitative estimate of drug-likeness (QED) is 0.768. The van der Waals surface area contributed by atoms with E-state index in [1.807, 2.05) is 24.4 Å². The fraction of sp³-hybridized carbons (Fsp3) is 0.471. The molecule has 1 aromatic carbocycles. The number of nitrogens with one attached hydrogen (secondary N) is 2. The number of H-pyrrole nitrogens is 1. The van der Waals surface area contributed by atoms with Gasteiger partial charge in [-0.3, -0.25) is 9.69 Å². The third kappa shape index (κ3) is 3.90. The largest absolute Gasteiger partial charge is 0.387 e. The Hall–Kier alpha value is -1.89. The molecule has 23 heavy (non-hydrogen) atoms. The van der Waals surface area contributed by atoms with Crippen LogP contribution in [0.15, 0.2) is 30.5 Å². The molecule has 1 atom stereocenters. The molecule has 1 aromatic heterocycles. The van der Waals surface area contributed by atoms with Gasteiger partial charge in [0.25, 0.3) is 5.91 Å². The molecule has 124 valence electrons. The number of morpholine rings is 1. The molecule has 6 heteroatoms. The zero-order valence-electron chi connectivity index (χ0n) is 13.3. The van der Waals surface area contributed by atoms with Gasteiger partial charge in [0.2, 0.25) is 0 Å². The van der Waals surface area contributed by atoms with Crippen molar-refractivity contribution in [1.29, 1.82) is 0 Å². The lowest BCUT2D eigenvalue weighted by molar-refractivity contribution is -0.0213. The topological polar surface area (TPSA) is 77.6 Å². The van der Waals surface area contributed by atoms with Gasteiger partial charge < -0.3 is 20.1 Å². The van der Waals surface area contributed by atoms with Crippen LogP contribution in [0.2, 0.25) is 0 Å². The van der Waals surface area contributed by atoms with Crippen molar-refractivity contribution in [1.82, 2.24) is 15.2 Å². The minimum absolute atomic E-state index is 0.169. The average Bonchev–Trinajstić information content (AvgIpc) is 3.02. The number of aromatic amines is 1. The summed E-state index contributed by atoms with van der Waals surface area (Å²) >= 11 is 0. The van der Waals surface area contributed by atoms with Crippen LogP contribution in [0.5, 0.6) is 0 Å². The lowest BCUT2D eigenvalue weighted by Gasteiger charge is -2.33. The maximum absolute atomic E-state index is 12.4. The van der Waals surface area contributed by atoms with Gasteiger partial charge >= 0.3 is 0 Å². The zero-order valence-corrected chi connectivity index (χ0v) is 13.3. The highest BCUT2D eigenvalue weighted by atomic mass is 16.5. The number of amides is 1. The Labute approximate surface area is 135 Å². The van der Waals surface area contributed by atoms with E-state index < -0.39 is 5.60 Å². The number of fused-ring (bicyclic) bond motifs is 1. The Morgan fingerprint density at radius 2 is 2.17 bits per heavy atom. The first-order valence-corrected chi connectivity index (χ1v) is 7.92. The van der Waals surface area contributed by atoms with Crippen molar-refractivity contribution < 1.29 is 14.6 Å². The average molecular weight is 317 g/mol. The van der Waals surface area contributed by atoms with Gasteiger partial charge in [0.15, 0.2) is 0 Å².